The zero-order valence-electron chi connectivity index (χ0n) is 16.5. The summed E-state index contributed by atoms with van der Waals surface area (Å²) < 4.78 is 1.98. The van der Waals surface area contributed by atoms with Crippen LogP contribution in [0, 0.1) is 0 Å². The first kappa shape index (κ1) is 18.3. The molecule has 0 bridgehead atoms. The van der Waals surface area contributed by atoms with E-state index in [4.69, 9.17) is 0 Å². The third-order valence-corrected chi connectivity index (χ3v) is 4.99. The first-order valence-electron chi connectivity index (χ1n) is 9.57. The smallest absolute Gasteiger partial charge is 0.249 e. The first-order valence-corrected chi connectivity index (χ1v) is 9.57. The lowest BCUT2D eigenvalue weighted by atomic mass is 10.0. The molecule has 2 amide bonds. The predicted octanol–water partition coefficient (Wildman–Crippen LogP) is 3.64. The average molecular weight is 375 g/mol. The van der Waals surface area contributed by atoms with Crippen LogP contribution in [0.2, 0.25) is 0 Å². The summed E-state index contributed by atoms with van der Waals surface area (Å²) in [6.07, 6.45) is 0. The van der Waals surface area contributed by atoms with E-state index >= 15 is 0 Å². The fourth-order valence-corrected chi connectivity index (χ4v) is 3.84. The highest BCUT2D eigenvalue weighted by atomic mass is 16.2. The number of carbonyl (C=O) groups excluding carboxylic acids is 2. The van der Waals surface area contributed by atoms with Gasteiger partial charge in [0, 0.05) is 17.6 Å². The SMILES string of the molecule is CC(C)(C)NC(=O)C1c2cc3ccccc3n2CC(=O)N1Cc1ccccc1. The van der Waals surface area contributed by atoms with Gasteiger partial charge in [0.2, 0.25) is 11.8 Å². The second-order valence-corrected chi connectivity index (χ2v) is 8.36. The van der Waals surface area contributed by atoms with Gasteiger partial charge in [0.05, 0.1) is 5.69 Å². The Hall–Kier alpha value is -3.08. The third-order valence-electron chi connectivity index (χ3n) is 4.99. The van der Waals surface area contributed by atoms with Crippen molar-refractivity contribution in [2.75, 3.05) is 0 Å². The monoisotopic (exact) mass is 375 g/mol. The van der Waals surface area contributed by atoms with Gasteiger partial charge in [-0.15, -0.1) is 0 Å². The van der Waals surface area contributed by atoms with Crippen molar-refractivity contribution < 1.29 is 9.59 Å². The molecule has 2 aromatic carbocycles. The summed E-state index contributed by atoms with van der Waals surface area (Å²) >= 11 is 0. The van der Waals surface area contributed by atoms with Crippen LogP contribution in [0.1, 0.15) is 38.1 Å². The van der Waals surface area contributed by atoms with E-state index in [1.807, 2.05) is 86.0 Å². The number of fused-ring (bicyclic) bond motifs is 3. The summed E-state index contributed by atoms with van der Waals surface area (Å²) in [5.41, 5.74) is 2.47. The minimum Gasteiger partial charge on any atom is -0.349 e. The molecule has 5 nitrogen and oxygen atoms in total. The van der Waals surface area contributed by atoms with Crippen LogP contribution >= 0.6 is 0 Å². The topological polar surface area (TPSA) is 54.3 Å². The average Bonchev–Trinajstić information content (AvgIpc) is 2.99. The molecule has 0 radical (unpaired) electrons. The molecular formula is C23H25N3O2. The molecule has 0 spiro atoms. The minimum atomic E-state index is -0.659. The molecule has 1 aliphatic rings. The van der Waals surface area contributed by atoms with Crippen molar-refractivity contribution >= 4 is 22.7 Å². The van der Waals surface area contributed by atoms with Crippen LogP contribution in [0.3, 0.4) is 0 Å². The van der Waals surface area contributed by atoms with Crippen LogP contribution in [0.5, 0.6) is 0 Å². The number of amides is 2. The normalized spacial score (nSPS) is 16.9. The van der Waals surface area contributed by atoms with E-state index in [-0.39, 0.29) is 23.9 Å². The van der Waals surface area contributed by atoms with Crippen molar-refractivity contribution in [2.24, 2.45) is 0 Å². The third kappa shape index (κ3) is 3.40. The lowest BCUT2D eigenvalue weighted by Gasteiger charge is -2.37. The summed E-state index contributed by atoms with van der Waals surface area (Å²) in [7, 11) is 0. The molecule has 0 aliphatic carbocycles. The van der Waals surface area contributed by atoms with Crippen molar-refractivity contribution in [3.05, 3.63) is 71.9 Å². The molecular weight excluding hydrogens is 350 g/mol. The van der Waals surface area contributed by atoms with E-state index in [1.165, 1.54) is 0 Å². The Morgan fingerprint density at radius 3 is 2.46 bits per heavy atom. The van der Waals surface area contributed by atoms with Crippen molar-refractivity contribution in [3.63, 3.8) is 0 Å². The zero-order chi connectivity index (χ0) is 19.9. The van der Waals surface area contributed by atoms with Gasteiger partial charge in [-0.1, -0.05) is 48.5 Å². The zero-order valence-corrected chi connectivity index (χ0v) is 16.5. The maximum atomic E-state index is 13.3. The van der Waals surface area contributed by atoms with Gasteiger partial charge in [-0.05, 0) is 43.9 Å². The molecule has 4 rings (SSSR count). The van der Waals surface area contributed by atoms with E-state index in [0.717, 1.165) is 22.2 Å². The maximum absolute atomic E-state index is 13.3. The molecule has 3 aromatic rings. The van der Waals surface area contributed by atoms with Crippen molar-refractivity contribution in [1.29, 1.82) is 0 Å². The number of hydrogen-bond donors (Lipinski definition) is 1. The fourth-order valence-electron chi connectivity index (χ4n) is 3.84. The van der Waals surface area contributed by atoms with Gasteiger partial charge in [-0.25, -0.2) is 0 Å². The Balaban J connectivity index is 1.81. The molecule has 0 saturated heterocycles. The van der Waals surface area contributed by atoms with Gasteiger partial charge in [0.15, 0.2) is 6.04 Å². The van der Waals surface area contributed by atoms with E-state index in [1.54, 1.807) is 4.90 Å². The van der Waals surface area contributed by atoms with Gasteiger partial charge >= 0.3 is 0 Å². The van der Waals surface area contributed by atoms with Gasteiger partial charge in [-0.2, -0.15) is 0 Å². The van der Waals surface area contributed by atoms with E-state index in [9.17, 15) is 9.59 Å². The molecule has 0 fully saturated rings. The number of rotatable bonds is 3. The molecule has 1 aromatic heterocycles. The van der Waals surface area contributed by atoms with Gasteiger partial charge in [0.1, 0.15) is 6.54 Å². The standard InChI is InChI=1S/C23H25N3O2/c1-23(2,3)24-22(28)21-19-13-17-11-7-8-12-18(17)25(19)15-20(27)26(21)14-16-9-5-4-6-10-16/h4-13,21H,14-15H2,1-3H3,(H,24,28). The number of carbonyl (C=O) groups is 2. The Morgan fingerprint density at radius 1 is 1.07 bits per heavy atom. The van der Waals surface area contributed by atoms with Crippen LogP contribution in [0.25, 0.3) is 10.9 Å². The molecule has 1 N–H and O–H groups in total. The summed E-state index contributed by atoms with van der Waals surface area (Å²) in [6, 6.07) is 19.1. The summed E-state index contributed by atoms with van der Waals surface area (Å²) in [6.45, 7) is 6.50. The second-order valence-electron chi connectivity index (χ2n) is 8.36. The maximum Gasteiger partial charge on any atom is 0.249 e. The van der Waals surface area contributed by atoms with Crippen LogP contribution < -0.4 is 5.32 Å². The number of hydrogen-bond acceptors (Lipinski definition) is 2. The Morgan fingerprint density at radius 2 is 1.75 bits per heavy atom. The van der Waals surface area contributed by atoms with E-state index in [2.05, 4.69) is 5.32 Å². The molecule has 5 heteroatoms. The lowest BCUT2D eigenvalue weighted by molar-refractivity contribution is -0.145. The van der Waals surface area contributed by atoms with Crippen molar-refractivity contribution in [1.82, 2.24) is 14.8 Å². The van der Waals surface area contributed by atoms with Crippen LogP contribution in [-0.2, 0) is 22.7 Å². The highest BCUT2D eigenvalue weighted by Crippen LogP contribution is 2.33. The lowest BCUT2D eigenvalue weighted by Crippen LogP contribution is -2.52. The molecule has 1 aliphatic heterocycles. The van der Waals surface area contributed by atoms with Crippen molar-refractivity contribution in [3.8, 4) is 0 Å². The molecule has 1 atom stereocenters. The summed E-state index contributed by atoms with van der Waals surface area (Å²) in [5.74, 6) is -0.202. The summed E-state index contributed by atoms with van der Waals surface area (Å²) in [5, 5.41) is 4.11. The second kappa shape index (κ2) is 6.82. The quantitative estimate of drug-likeness (QED) is 0.760. The summed E-state index contributed by atoms with van der Waals surface area (Å²) in [4.78, 5) is 28.1. The Kier molecular flexibility index (Phi) is 4.46. The Labute approximate surface area is 165 Å². The highest BCUT2D eigenvalue weighted by Gasteiger charge is 2.39. The molecule has 0 saturated carbocycles. The molecule has 28 heavy (non-hydrogen) atoms. The fraction of sp³-hybridized carbons (Fsp3) is 0.304. The van der Waals surface area contributed by atoms with Gasteiger partial charge in [0.25, 0.3) is 0 Å². The predicted molar refractivity (Wildman–Crippen MR) is 110 cm³/mol. The van der Waals surface area contributed by atoms with Crippen LogP contribution in [0.4, 0.5) is 0 Å². The number of nitrogens with zero attached hydrogens (tertiary/aromatic N) is 2. The largest absolute Gasteiger partial charge is 0.349 e. The highest BCUT2D eigenvalue weighted by molar-refractivity contribution is 5.94. The molecule has 1 unspecified atom stereocenters. The number of benzene rings is 2. The van der Waals surface area contributed by atoms with E-state index < -0.39 is 6.04 Å². The van der Waals surface area contributed by atoms with Crippen LogP contribution in [0.15, 0.2) is 60.7 Å². The molecule has 2 heterocycles. The minimum absolute atomic E-state index is 0.0493. The number of para-hydroxylation sites is 1. The van der Waals surface area contributed by atoms with Gasteiger partial charge in [-0.3, -0.25) is 9.59 Å². The Bertz CT molecular complexity index is 1030. The van der Waals surface area contributed by atoms with E-state index in [0.29, 0.717) is 6.54 Å². The number of nitrogens with one attached hydrogen (secondary N) is 1. The van der Waals surface area contributed by atoms with Crippen molar-refractivity contribution in [2.45, 2.75) is 45.4 Å². The van der Waals surface area contributed by atoms with Crippen LogP contribution in [-0.4, -0.2) is 26.8 Å². The van der Waals surface area contributed by atoms with Gasteiger partial charge < -0.3 is 14.8 Å². The molecule has 144 valence electrons. The first-order chi connectivity index (χ1) is 13.3. The number of aromatic nitrogens is 1.